The van der Waals surface area contributed by atoms with Gasteiger partial charge in [0.25, 0.3) is 0 Å². The molecule has 1 aromatic carbocycles. The van der Waals surface area contributed by atoms with Gasteiger partial charge in [-0.2, -0.15) is 4.31 Å². The number of methoxy groups -OCH3 is 1. The van der Waals surface area contributed by atoms with Gasteiger partial charge in [0.1, 0.15) is 10.6 Å². The number of hydrogen-bond acceptors (Lipinski definition) is 5. The molecule has 0 saturated carbocycles. The summed E-state index contributed by atoms with van der Waals surface area (Å²) in [6, 6.07) is 11.4. The molecule has 0 spiro atoms. The molecule has 2 bridgehead atoms. The standard InChI is InChI=1S/C20H25N3O3S/c1-14-7-8-19(26-3)20(9-14)27(24,25)23-17-10-18(23)13-22(12-17)11-16-6-4-5-15(2)21-16/h4-9,17-18H,10-13H2,1-3H3. The normalized spacial score (nSPS) is 23.1. The lowest BCUT2D eigenvalue weighted by atomic mass is 9.91. The Labute approximate surface area is 160 Å². The van der Waals surface area contributed by atoms with Crippen molar-refractivity contribution in [3.05, 3.63) is 53.3 Å². The molecule has 7 heteroatoms. The summed E-state index contributed by atoms with van der Waals surface area (Å²) in [7, 11) is -2.05. The molecule has 144 valence electrons. The summed E-state index contributed by atoms with van der Waals surface area (Å²) in [5.74, 6) is 0.409. The summed E-state index contributed by atoms with van der Waals surface area (Å²) < 4.78 is 33.6. The highest BCUT2D eigenvalue weighted by atomic mass is 32.2. The van der Waals surface area contributed by atoms with Crippen molar-refractivity contribution in [1.82, 2.24) is 14.2 Å². The van der Waals surface area contributed by atoms with E-state index in [9.17, 15) is 8.42 Å². The van der Waals surface area contributed by atoms with Crippen molar-refractivity contribution in [3.8, 4) is 5.75 Å². The van der Waals surface area contributed by atoms with Crippen LogP contribution >= 0.6 is 0 Å². The number of piperazine rings is 1. The van der Waals surface area contributed by atoms with Crippen LogP contribution in [0.4, 0.5) is 0 Å². The van der Waals surface area contributed by atoms with Crippen molar-refractivity contribution in [2.75, 3.05) is 20.2 Å². The smallest absolute Gasteiger partial charge is 0.247 e. The number of pyridine rings is 1. The summed E-state index contributed by atoms with van der Waals surface area (Å²) in [6.45, 7) is 6.11. The van der Waals surface area contributed by atoms with E-state index in [2.05, 4.69) is 9.88 Å². The highest BCUT2D eigenvalue weighted by Gasteiger charge is 2.51. The van der Waals surface area contributed by atoms with Crippen molar-refractivity contribution in [1.29, 1.82) is 0 Å². The molecule has 3 saturated heterocycles. The van der Waals surface area contributed by atoms with Gasteiger partial charge in [0.2, 0.25) is 10.0 Å². The van der Waals surface area contributed by atoms with Gasteiger partial charge in [-0.3, -0.25) is 9.88 Å². The van der Waals surface area contributed by atoms with Crippen LogP contribution in [0.25, 0.3) is 0 Å². The fourth-order valence-electron chi connectivity index (χ4n) is 4.20. The van der Waals surface area contributed by atoms with E-state index >= 15 is 0 Å². The number of hydrogen-bond donors (Lipinski definition) is 0. The van der Waals surface area contributed by atoms with E-state index in [0.29, 0.717) is 5.75 Å². The second-order valence-electron chi connectivity index (χ2n) is 7.50. The van der Waals surface area contributed by atoms with E-state index in [0.717, 1.165) is 43.0 Å². The molecule has 0 amide bonds. The van der Waals surface area contributed by atoms with Crippen molar-refractivity contribution in [3.63, 3.8) is 0 Å². The molecule has 1 aromatic heterocycles. The van der Waals surface area contributed by atoms with Crippen LogP contribution in [0.2, 0.25) is 0 Å². The van der Waals surface area contributed by atoms with Crippen LogP contribution in [0.15, 0.2) is 41.3 Å². The summed E-state index contributed by atoms with van der Waals surface area (Å²) in [4.78, 5) is 7.14. The summed E-state index contributed by atoms with van der Waals surface area (Å²) in [5.41, 5.74) is 2.95. The van der Waals surface area contributed by atoms with E-state index in [4.69, 9.17) is 4.74 Å². The lowest BCUT2D eigenvalue weighted by molar-refractivity contribution is -0.0109. The first-order valence-corrected chi connectivity index (χ1v) is 10.7. The second-order valence-corrected chi connectivity index (χ2v) is 9.31. The number of fused-ring (bicyclic) bond motifs is 2. The van der Waals surface area contributed by atoms with Crippen LogP contribution in [-0.2, 0) is 16.6 Å². The number of piperidine rings is 1. The topological polar surface area (TPSA) is 62.7 Å². The zero-order valence-corrected chi connectivity index (χ0v) is 16.7. The minimum atomic E-state index is -3.56. The van der Waals surface area contributed by atoms with Gasteiger partial charge in [-0.25, -0.2) is 8.42 Å². The van der Waals surface area contributed by atoms with Gasteiger partial charge in [-0.05, 0) is 50.1 Å². The molecule has 4 heterocycles. The molecule has 0 aliphatic carbocycles. The van der Waals surface area contributed by atoms with Crippen LogP contribution in [0.1, 0.15) is 23.4 Å². The van der Waals surface area contributed by atoms with Gasteiger partial charge >= 0.3 is 0 Å². The number of aryl methyl sites for hydroxylation is 2. The van der Waals surface area contributed by atoms with Crippen molar-refractivity contribution >= 4 is 10.0 Å². The van der Waals surface area contributed by atoms with Crippen LogP contribution in [0.5, 0.6) is 5.75 Å². The lowest BCUT2D eigenvalue weighted by Gasteiger charge is -2.55. The van der Waals surface area contributed by atoms with Gasteiger partial charge < -0.3 is 4.74 Å². The molecular weight excluding hydrogens is 362 g/mol. The van der Waals surface area contributed by atoms with Crippen LogP contribution in [0.3, 0.4) is 0 Å². The van der Waals surface area contributed by atoms with Crippen molar-refractivity contribution in [2.45, 2.75) is 43.8 Å². The van der Waals surface area contributed by atoms with E-state index in [-0.39, 0.29) is 17.0 Å². The van der Waals surface area contributed by atoms with E-state index in [1.165, 1.54) is 7.11 Å². The predicted octanol–water partition coefficient (Wildman–Crippen LogP) is 2.35. The highest BCUT2D eigenvalue weighted by molar-refractivity contribution is 7.89. The second kappa shape index (κ2) is 6.89. The maximum absolute atomic E-state index is 13.3. The number of nitrogens with zero attached hydrogens (tertiary/aromatic N) is 3. The SMILES string of the molecule is COc1ccc(C)cc1S(=O)(=O)N1C2CC1CN(Cc1cccc(C)n1)C2. The molecule has 2 aromatic rings. The number of ether oxygens (including phenoxy) is 1. The zero-order chi connectivity index (χ0) is 19.2. The molecule has 0 radical (unpaired) electrons. The first kappa shape index (κ1) is 18.4. The first-order chi connectivity index (χ1) is 12.9. The van der Waals surface area contributed by atoms with Crippen LogP contribution in [0, 0.1) is 13.8 Å². The Morgan fingerprint density at radius 1 is 1.15 bits per heavy atom. The molecule has 3 fully saturated rings. The minimum Gasteiger partial charge on any atom is -0.495 e. The van der Waals surface area contributed by atoms with E-state index < -0.39 is 10.0 Å². The quantitative estimate of drug-likeness (QED) is 0.788. The van der Waals surface area contributed by atoms with E-state index in [1.807, 2.05) is 38.1 Å². The Bertz CT molecular complexity index is 949. The van der Waals surface area contributed by atoms with Gasteiger partial charge in [0.05, 0.1) is 12.8 Å². The highest BCUT2D eigenvalue weighted by Crippen LogP contribution is 2.40. The van der Waals surface area contributed by atoms with Gasteiger partial charge in [-0.1, -0.05) is 12.1 Å². The molecule has 2 unspecified atom stereocenters. The Morgan fingerprint density at radius 2 is 1.89 bits per heavy atom. The van der Waals surface area contributed by atoms with Gasteiger partial charge in [0, 0.05) is 37.4 Å². The van der Waals surface area contributed by atoms with Crippen LogP contribution in [-0.4, -0.2) is 54.9 Å². The molecule has 3 aliphatic rings. The third kappa shape index (κ3) is 3.35. The fourth-order valence-corrected chi connectivity index (χ4v) is 6.26. The monoisotopic (exact) mass is 387 g/mol. The number of benzene rings is 1. The third-order valence-electron chi connectivity index (χ3n) is 5.41. The Balaban J connectivity index is 1.52. The number of rotatable bonds is 5. The average molecular weight is 388 g/mol. The van der Waals surface area contributed by atoms with Crippen molar-refractivity contribution < 1.29 is 13.2 Å². The summed E-state index contributed by atoms with van der Waals surface area (Å²) in [6.07, 6.45) is 0.922. The zero-order valence-electron chi connectivity index (χ0n) is 15.9. The first-order valence-electron chi connectivity index (χ1n) is 9.21. The molecule has 27 heavy (non-hydrogen) atoms. The van der Waals surface area contributed by atoms with E-state index in [1.54, 1.807) is 16.4 Å². The maximum Gasteiger partial charge on any atom is 0.247 e. The molecule has 2 atom stereocenters. The molecule has 6 nitrogen and oxygen atoms in total. The minimum absolute atomic E-state index is 0.0174. The molecule has 3 aliphatic heterocycles. The predicted molar refractivity (Wildman–Crippen MR) is 103 cm³/mol. The Kier molecular flexibility index (Phi) is 4.70. The number of aromatic nitrogens is 1. The Hall–Kier alpha value is -1.96. The summed E-state index contributed by atoms with van der Waals surface area (Å²) in [5, 5.41) is 0. The third-order valence-corrected chi connectivity index (χ3v) is 7.43. The Morgan fingerprint density at radius 3 is 2.56 bits per heavy atom. The molecule has 0 N–H and O–H groups in total. The van der Waals surface area contributed by atoms with Gasteiger partial charge in [-0.15, -0.1) is 0 Å². The summed E-state index contributed by atoms with van der Waals surface area (Å²) >= 11 is 0. The lowest BCUT2D eigenvalue weighted by Crippen LogP contribution is -2.69. The molecule has 5 rings (SSSR count). The largest absolute Gasteiger partial charge is 0.495 e. The fraction of sp³-hybridized carbons (Fsp3) is 0.450. The number of sulfonamides is 1. The van der Waals surface area contributed by atoms with Crippen molar-refractivity contribution in [2.24, 2.45) is 0 Å². The molecular formula is C20H25N3O3S. The van der Waals surface area contributed by atoms with Gasteiger partial charge in [0.15, 0.2) is 0 Å². The average Bonchev–Trinajstić information content (AvgIpc) is 2.61. The maximum atomic E-state index is 13.3. The van der Waals surface area contributed by atoms with Crippen LogP contribution < -0.4 is 4.74 Å².